The van der Waals surface area contributed by atoms with Crippen LogP contribution in [0.1, 0.15) is 36.5 Å². The molecule has 2 aromatic carbocycles. The summed E-state index contributed by atoms with van der Waals surface area (Å²) in [5.74, 6) is 0.151. The van der Waals surface area contributed by atoms with Crippen LogP contribution in [-0.4, -0.2) is 28.4 Å². The van der Waals surface area contributed by atoms with Gasteiger partial charge in [-0.15, -0.1) is 11.3 Å². The largest absolute Gasteiger partial charge is 0.336 e. The summed E-state index contributed by atoms with van der Waals surface area (Å²) >= 11 is 1.69. The average molecular weight is 336 g/mol. The van der Waals surface area contributed by atoms with Crippen LogP contribution in [0.15, 0.2) is 48.5 Å². The van der Waals surface area contributed by atoms with Crippen LogP contribution in [0.5, 0.6) is 0 Å². The molecule has 0 saturated carbocycles. The van der Waals surface area contributed by atoms with Crippen molar-refractivity contribution < 1.29 is 4.79 Å². The smallest absolute Gasteiger partial charge is 0.254 e. The maximum atomic E-state index is 12.7. The molecule has 1 atom stereocenters. The molecule has 3 aromatic rings. The van der Waals surface area contributed by atoms with E-state index in [0.29, 0.717) is 6.04 Å². The van der Waals surface area contributed by atoms with Gasteiger partial charge in [0.15, 0.2) is 0 Å². The maximum absolute atomic E-state index is 12.7. The minimum atomic E-state index is 0.151. The number of hydrogen-bond donors (Lipinski definition) is 0. The van der Waals surface area contributed by atoms with Crippen LogP contribution in [0, 0.1) is 0 Å². The lowest BCUT2D eigenvalue weighted by molar-refractivity contribution is 0.0635. The molecule has 1 aromatic heterocycles. The minimum Gasteiger partial charge on any atom is -0.336 e. The summed E-state index contributed by atoms with van der Waals surface area (Å²) in [4.78, 5) is 19.4. The predicted molar refractivity (Wildman–Crippen MR) is 99.4 cm³/mol. The zero-order valence-electron chi connectivity index (χ0n) is 13.7. The number of rotatable bonds is 2. The fourth-order valence-electron chi connectivity index (χ4n) is 3.32. The van der Waals surface area contributed by atoms with E-state index in [-0.39, 0.29) is 5.91 Å². The van der Waals surface area contributed by atoms with Gasteiger partial charge in [-0.1, -0.05) is 24.3 Å². The van der Waals surface area contributed by atoms with Gasteiger partial charge < -0.3 is 4.90 Å². The monoisotopic (exact) mass is 336 g/mol. The molecule has 0 radical (unpaired) electrons. The molecule has 122 valence electrons. The van der Waals surface area contributed by atoms with Gasteiger partial charge in [0.05, 0.1) is 10.2 Å². The summed E-state index contributed by atoms with van der Waals surface area (Å²) in [5.41, 5.74) is 2.87. The number of fused-ring (bicyclic) bond motifs is 1. The molecule has 0 N–H and O–H groups in total. The molecular weight excluding hydrogens is 316 g/mol. The zero-order chi connectivity index (χ0) is 16.5. The number of carbonyl (C=O) groups excluding carboxylic acids is 1. The van der Waals surface area contributed by atoms with Gasteiger partial charge in [-0.2, -0.15) is 0 Å². The van der Waals surface area contributed by atoms with Crippen LogP contribution >= 0.6 is 11.3 Å². The summed E-state index contributed by atoms with van der Waals surface area (Å²) in [6.45, 7) is 3.02. The second-order valence-electron chi connectivity index (χ2n) is 6.41. The Balaban J connectivity index is 1.59. The minimum absolute atomic E-state index is 0.151. The van der Waals surface area contributed by atoms with Crippen molar-refractivity contribution in [3.63, 3.8) is 0 Å². The summed E-state index contributed by atoms with van der Waals surface area (Å²) in [7, 11) is 0. The van der Waals surface area contributed by atoms with E-state index in [1.807, 2.05) is 47.4 Å². The molecule has 0 aliphatic carbocycles. The topological polar surface area (TPSA) is 33.2 Å². The first kappa shape index (κ1) is 15.3. The van der Waals surface area contributed by atoms with E-state index >= 15 is 0 Å². The van der Waals surface area contributed by atoms with Gasteiger partial charge in [-0.05, 0) is 50.5 Å². The lowest BCUT2D eigenvalue weighted by atomic mass is 10.0. The Kier molecular flexibility index (Phi) is 4.07. The summed E-state index contributed by atoms with van der Waals surface area (Å²) < 4.78 is 1.19. The SMILES string of the molecule is C[C@@H]1CCCCN1C(=O)c1ccc(-c2nc3ccccc3s2)cc1. The summed E-state index contributed by atoms with van der Waals surface area (Å²) in [6, 6.07) is 16.4. The molecule has 1 aliphatic heterocycles. The van der Waals surface area contributed by atoms with Crippen molar-refractivity contribution in [3.8, 4) is 10.6 Å². The highest BCUT2D eigenvalue weighted by Gasteiger charge is 2.24. The highest BCUT2D eigenvalue weighted by molar-refractivity contribution is 7.21. The Morgan fingerprint density at radius 2 is 1.92 bits per heavy atom. The predicted octanol–water partition coefficient (Wildman–Crippen LogP) is 4.98. The van der Waals surface area contributed by atoms with Crippen molar-refractivity contribution in [2.45, 2.75) is 32.2 Å². The second kappa shape index (κ2) is 6.36. The number of likely N-dealkylation sites (tertiary alicyclic amines) is 1. The van der Waals surface area contributed by atoms with E-state index < -0.39 is 0 Å². The van der Waals surface area contributed by atoms with Gasteiger partial charge in [0, 0.05) is 23.7 Å². The Hall–Kier alpha value is -2.20. The van der Waals surface area contributed by atoms with E-state index in [0.717, 1.165) is 41.0 Å². The van der Waals surface area contributed by atoms with Crippen LogP contribution in [0.2, 0.25) is 0 Å². The highest BCUT2D eigenvalue weighted by Crippen LogP contribution is 2.30. The Morgan fingerprint density at radius 1 is 1.12 bits per heavy atom. The van der Waals surface area contributed by atoms with Crippen molar-refractivity contribution in [1.82, 2.24) is 9.88 Å². The third-order valence-electron chi connectivity index (χ3n) is 4.74. The van der Waals surface area contributed by atoms with Gasteiger partial charge in [0.2, 0.25) is 0 Å². The second-order valence-corrected chi connectivity index (χ2v) is 7.44. The van der Waals surface area contributed by atoms with Crippen molar-refractivity contribution >= 4 is 27.5 Å². The summed E-state index contributed by atoms with van der Waals surface area (Å²) in [6.07, 6.45) is 3.44. The number of thiazole rings is 1. The first-order valence-corrected chi connectivity index (χ1v) is 9.31. The molecule has 0 spiro atoms. The number of hydrogen-bond acceptors (Lipinski definition) is 3. The van der Waals surface area contributed by atoms with Gasteiger partial charge in [0.25, 0.3) is 5.91 Å². The Morgan fingerprint density at radius 3 is 2.67 bits per heavy atom. The van der Waals surface area contributed by atoms with Crippen molar-refractivity contribution in [1.29, 1.82) is 0 Å². The molecular formula is C20H20N2OS. The number of para-hydroxylation sites is 1. The molecule has 1 fully saturated rings. The Bertz CT molecular complexity index is 836. The molecule has 2 heterocycles. The van der Waals surface area contributed by atoms with Gasteiger partial charge in [-0.3, -0.25) is 4.79 Å². The first-order chi connectivity index (χ1) is 11.7. The highest BCUT2D eigenvalue weighted by atomic mass is 32.1. The van der Waals surface area contributed by atoms with Crippen LogP contribution in [0.4, 0.5) is 0 Å². The lowest BCUT2D eigenvalue weighted by Gasteiger charge is -2.33. The van der Waals surface area contributed by atoms with Crippen molar-refractivity contribution in [2.24, 2.45) is 0 Å². The van der Waals surface area contributed by atoms with Gasteiger partial charge in [-0.25, -0.2) is 4.98 Å². The van der Waals surface area contributed by atoms with Crippen LogP contribution in [0.25, 0.3) is 20.8 Å². The van der Waals surface area contributed by atoms with Crippen molar-refractivity contribution in [3.05, 3.63) is 54.1 Å². The zero-order valence-corrected chi connectivity index (χ0v) is 14.6. The quantitative estimate of drug-likeness (QED) is 0.661. The number of aromatic nitrogens is 1. The lowest BCUT2D eigenvalue weighted by Crippen LogP contribution is -2.41. The summed E-state index contributed by atoms with van der Waals surface area (Å²) in [5, 5.41) is 1.00. The molecule has 0 unspecified atom stereocenters. The molecule has 0 bridgehead atoms. The molecule has 4 rings (SSSR count). The first-order valence-electron chi connectivity index (χ1n) is 8.49. The number of amides is 1. The van der Waals surface area contributed by atoms with E-state index in [1.54, 1.807) is 11.3 Å². The molecule has 4 heteroatoms. The fourth-order valence-corrected chi connectivity index (χ4v) is 4.29. The molecule has 1 saturated heterocycles. The van der Waals surface area contributed by atoms with E-state index in [2.05, 4.69) is 18.0 Å². The molecule has 1 amide bonds. The average Bonchev–Trinajstić information content (AvgIpc) is 3.06. The van der Waals surface area contributed by atoms with E-state index in [4.69, 9.17) is 0 Å². The molecule has 24 heavy (non-hydrogen) atoms. The van der Waals surface area contributed by atoms with E-state index in [9.17, 15) is 4.79 Å². The van der Waals surface area contributed by atoms with E-state index in [1.165, 1.54) is 11.1 Å². The number of benzene rings is 2. The molecule has 3 nitrogen and oxygen atoms in total. The van der Waals surface area contributed by atoms with Gasteiger partial charge in [0.1, 0.15) is 5.01 Å². The van der Waals surface area contributed by atoms with Crippen molar-refractivity contribution in [2.75, 3.05) is 6.54 Å². The van der Waals surface area contributed by atoms with Crippen LogP contribution in [0.3, 0.4) is 0 Å². The number of nitrogens with zero attached hydrogens (tertiary/aromatic N) is 2. The number of piperidine rings is 1. The normalized spacial score (nSPS) is 18.0. The Labute approximate surface area is 146 Å². The third kappa shape index (κ3) is 2.82. The standard InChI is InChI=1S/C20H20N2OS/c1-14-6-4-5-13-22(14)20(23)16-11-9-15(10-12-16)19-21-17-7-2-3-8-18(17)24-19/h2-3,7-12,14H,4-6,13H2,1H3/t14-/m1/s1. The molecule has 1 aliphatic rings. The maximum Gasteiger partial charge on any atom is 0.254 e. The van der Waals surface area contributed by atoms with Crippen LogP contribution in [-0.2, 0) is 0 Å². The van der Waals surface area contributed by atoms with Gasteiger partial charge >= 0.3 is 0 Å². The third-order valence-corrected chi connectivity index (χ3v) is 5.82. The number of carbonyl (C=O) groups is 1. The fraction of sp³-hybridized carbons (Fsp3) is 0.300. The van der Waals surface area contributed by atoms with Crippen LogP contribution < -0.4 is 0 Å².